The van der Waals surface area contributed by atoms with Crippen molar-refractivity contribution in [3.8, 4) is 0 Å². The zero-order valence-corrected chi connectivity index (χ0v) is 16.9. The van der Waals surface area contributed by atoms with Crippen LogP contribution in [0.1, 0.15) is 45.1 Å². The molecule has 2 aliphatic heterocycles. The highest BCUT2D eigenvalue weighted by Crippen LogP contribution is 2.35. The van der Waals surface area contributed by atoms with Gasteiger partial charge in [0.1, 0.15) is 12.1 Å². The van der Waals surface area contributed by atoms with Crippen molar-refractivity contribution in [3.63, 3.8) is 0 Å². The quantitative estimate of drug-likeness (QED) is 0.769. The fraction of sp³-hybridized carbons (Fsp3) is 0.526. The zero-order valence-electron chi connectivity index (χ0n) is 15.4. The van der Waals surface area contributed by atoms with Crippen LogP contribution in [0.5, 0.6) is 0 Å². The van der Waals surface area contributed by atoms with Crippen LogP contribution in [0.2, 0.25) is 10.0 Å². The van der Waals surface area contributed by atoms with Crippen LogP contribution in [-0.2, 0) is 15.1 Å². The highest BCUT2D eigenvalue weighted by molar-refractivity contribution is 6.35. The number of rotatable bonds is 4. The predicted octanol–water partition coefficient (Wildman–Crippen LogP) is 3.55. The minimum Gasteiger partial charge on any atom is -0.338 e. The second-order valence-corrected chi connectivity index (χ2v) is 8.06. The van der Waals surface area contributed by atoms with Crippen LogP contribution in [0.4, 0.5) is 4.79 Å². The molecule has 2 aliphatic rings. The SMILES string of the molecule is CC[C@H]1CCCCN1C(=O)CN1C(=O)N[C@](C)(c2ccc(Cl)cc2Cl)C1=O. The first-order valence-corrected chi connectivity index (χ1v) is 9.92. The monoisotopic (exact) mass is 411 g/mol. The Kier molecular flexibility index (Phi) is 5.68. The standard InChI is InChI=1S/C19H23Cl2N3O3/c1-3-13-6-4-5-9-23(13)16(25)11-24-17(26)19(2,22-18(24)27)14-8-7-12(20)10-15(14)21/h7-8,10,13H,3-6,9,11H2,1-2H3,(H,22,27)/t13-,19+/m0/s1. The fourth-order valence-corrected chi connectivity index (χ4v) is 4.50. The average molecular weight is 412 g/mol. The Morgan fingerprint density at radius 1 is 1.30 bits per heavy atom. The zero-order chi connectivity index (χ0) is 19.8. The summed E-state index contributed by atoms with van der Waals surface area (Å²) >= 11 is 12.2. The van der Waals surface area contributed by atoms with Crippen LogP contribution >= 0.6 is 23.2 Å². The van der Waals surface area contributed by atoms with Crippen molar-refractivity contribution in [3.05, 3.63) is 33.8 Å². The van der Waals surface area contributed by atoms with E-state index in [0.717, 1.165) is 30.6 Å². The van der Waals surface area contributed by atoms with Gasteiger partial charge in [-0.25, -0.2) is 4.79 Å². The van der Waals surface area contributed by atoms with Crippen molar-refractivity contribution >= 4 is 41.0 Å². The molecule has 4 amide bonds. The maximum atomic E-state index is 13.0. The van der Waals surface area contributed by atoms with Crippen LogP contribution in [-0.4, -0.2) is 46.8 Å². The number of imide groups is 1. The molecule has 6 nitrogen and oxygen atoms in total. The van der Waals surface area contributed by atoms with E-state index in [1.807, 2.05) is 6.92 Å². The molecule has 0 saturated carbocycles. The van der Waals surface area contributed by atoms with Gasteiger partial charge in [-0.2, -0.15) is 0 Å². The molecule has 2 fully saturated rings. The molecule has 1 aromatic carbocycles. The van der Waals surface area contributed by atoms with Crippen molar-refractivity contribution in [2.24, 2.45) is 0 Å². The van der Waals surface area contributed by atoms with E-state index in [2.05, 4.69) is 5.32 Å². The summed E-state index contributed by atoms with van der Waals surface area (Å²) in [7, 11) is 0. The van der Waals surface area contributed by atoms with Gasteiger partial charge in [0.05, 0.1) is 0 Å². The second-order valence-electron chi connectivity index (χ2n) is 7.22. The smallest absolute Gasteiger partial charge is 0.325 e. The van der Waals surface area contributed by atoms with Crippen molar-refractivity contribution in [2.45, 2.75) is 51.1 Å². The molecule has 0 bridgehead atoms. The predicted molar refractivity (Wildman–Crippen MR) is 104 cm³/mol. The Balaban J connectivity index is 1.80. The number of nitrogens with zero attached hydrogens (tertiary/aromatic N) is 2. The molecule has 0 aliphatic carbocycles. The van der Waals surface area contributed by atoms with Crippen LogP contribution in [0.25, 0.3) is 0 Å². The van der Waals surface area contributed by atoms with E-state index in [4.69, 9.17) is 23.2 Å². The van der Waals surface area contributed by atoms with Crippen LogP contribution < -0.4 is 5.32 Å². The van der Waals surface area contributed by atoms with Crippen LogP contribution in [0.15, 0.2) is 18.2 Å². The maximum absolute atomic E-state index is 13.0. The molecule has 2 saturated heterocycles. The summed E-state index contributed by atoms with van der Waals surface area (Å²) in [5.41, 5.74) is -0.878. The Morgan fingerprint density at radius 3 is 2.70 bits per heavy atom. The third-order valence-corrected chi connectivity index (χ3v) is 6.00. The third kappa shape index (κ3) is 3.65. The fourth-order valence-electron chi connectivity index (χ4n) is 3.90. The van der Waals surface area contributed by atoms with E-state index >= 15 is 0 Å². The van der Waals surface area contributed by atoms with Gasteiger partial charge in [0.25, 0.3) is 5.91 Å². The lowest BCUT2D eigenvalue weighted by Gasteiger charge is -2.36. The molecule has 0 aromatic heterocycles. The molecule has 2 heterocycles. The Morgan fingerprint density at radius 2 is 2.04 bits per heavy atom. The first kappa shape index (κ1) is 20.0. The number of piperidine rings is 1. The molecule has 1 N–H and O–H groups in total. The van der Waals surface area contributed by atoms with Gasteiger partial charge in [0.2, 0.25) is 5.91 Å². The molecule has 2 atom stereocenters. The summed E-state index contributed by atoms with van der Waals surface area (Å²) in [6.07, 6.45) is 3.86. The van der Waals surface area contributed by atoms with Crippen LogP contribution in [0.3, 0.4) is 0 Å². The number of amides is 4. The van der Waals surface area contributed by atoms with Gasteiger partial charge < -0.3 is 10.2 Å². The molecule has 27 heavy (non-hydrogen) atoms. The number of nitrogens with one attached hydrogen (secondary N) is 1. The van der Waals surface area contributed by atoms with E-state index in [0.29, 0.717) is 17.1 Å². The van der Waals surface area contributed by atoms with E-state index in [1.165, 1.54) is 6.07 Å². The summed E-state index contributed by atoms with van der Waals surface area (Å²) in [5, 5.41) is 3.40. The molecule has 0 spiro atoms. The van der Waals surface area contributed by atoms with Crippen molar-refractivity contribution in [2.75, 3.05) is 13.1 Å². The second kappa shape index (κ2) is 7.68. The lowest BCUT2D eigenvalue weighted by molar-refractivity contribution is -0.141. The van der Waals surface area contributed by atoms with Gasteiger partial charge in [0.15, 0.2) is 0 Å². The van der Waals surface area contributed by atoms with Crippen molar-refractivity contribution in [1.29, 1.82) is 0 Å². The molecule has 0 radical (unpaired) electrons. The number of hydrogen-bond acceptors (Lipinski definition) is 3. The van der Waals surface area contributed by atoms with Gasteiger partial charge in [-0.15, -0.1) is 0 Å². The lowest BCUT2D eigenvalue weighted by atomic mass is 9.92. The van der Waals surface area contributed by atoms with E-state index < -0.39 is 17.5 Å². The first-order chi connectivity index (χ1) is 12.8. The largest absolute Gasteiger partial charge is 0.338 e. The summed E-state index contributed by atoms with van der Waals surface area (Å²) in [6.45, 7) is 4.04. The number of urea groups is 1. The van der Waals surface area contributed by atoms with Gasteiger partial charge in [-0.05, 0) is 44.7 Å². The lowest BCUT2D eigenvalue weighted by Crippen LogP contribution is -2.49. The van der Waals surface area contributed by atoms with Gasteiger partial charge in [-0.3, -0.25) is 14.5 Å². The summed E-state index contributed by atoms with van der Waals surface area (Å²) in [6, 6.07) is 4.33. The normalized spacial score (nSPS) is 25.7. The van der Waals surface area contributed by atoms with Crippen molar-refractivity contribution < 1.29 is 14.4 Å². The van der Waals surface area contributed by atoms with Crippen LogP contribution in [0, 0.1) is 0 Å². The Bertz CT molecular complexity index is 785. The number of carbonyl (C=O) groups excluding carboxylic acids is 3. The summed E-state index contributed by atoms with van der Waals surface area (Å²) < 4.78 is 0. The number of carbonyl (C=O) groups is 3. The van der Waals surface area contributed by atoms with Crippen molar-refractivity contribution in [1.82, 2.24) is 15.1 Å². The summed E-state index contributed by atoms with van der Waals surface area (Å²) in [4.78, 5) is 41.1. The molecule has 146 valence electrons. The number of halogens is 2. The third-order valence-electron chi connectivity index (χ3n) is 5.46. The first-order valence-electron chi connectivity index (χ1n) is 9.17. The summed E-state index contributed by atoms with van der Waals surface area (Å²) in [5.74, 6) is -0.688. The average Bonchev–Trinajstić information content (AvgIpc) is 2.85. The molecular weight excluding hydrogens is 389 g/mol. The van der Waals surface area contributed by atoms with E-state index in [-0.39, 0.29) is 23.5 Å². The minimum absolute atomic E-state index is 0.170. The molecular formula is C19H23Cl2N3O3. The number of benzene rings is 1. The molecule has 1 aromatic rings. The molecule has 0 unspecified atom stereocenters. The minimum atomic E-state index is -1.33. The maximum Gasteiger partial charge on any atom is 0.325 e. The van der Waals surface area contributed by atoms with Gasteiger partial charge in [-0.1, -0.05) is 36.2 Å². The van der Waals surface area contributed by atoms with E-state index in [1.54, 1.807) is 24.0 Å². The highest BCUT2D eigenvalue weighted by Gasteiger charge is 2.50. The molecule has 8 heteroatoms. The number of hydrogen-bond donors (Lipinski definition) is 1. The topological polar surface area (TPSA) is 69.7 Å². The number of likely N-dealkylation sites (tertiary alicyclic amines) is 1. The molecule has 3 rings (SSSR count). The Labute approximate surface area is 168 Å². The van der Waals surface area contributed by atoms with Gasteiger partial charge in [0, 0.05) is 28.2 Å². The van der Waals surface area contributed by atoms with E-state index in [9.17, 15) is 14.4 Å². The highest BCUT2D eigenvalue weighted by atomic mass is 35.5. The Hall–Kier alpha value is -1.79. The van der Waals surface area contributed by atoms with Gasteiger partial charge >= 0.3 is 6.03 Å².